The summed E-state index contributed by atoms with van der Waals surface area (Å²) in [7, 11) is 0. The number of aliphatic hydroxyl groups excluding tert-OH is 1. The molecule has 1 aliphatic rings. The summed E-state index contributed by atoms with van der Waals surface area (Å²) >= 11 is 0. The van der Waals surface area contributed by atoms with Crippen molar-refractivity contribution in [2.24, 2.45) is 0 Å². The number of hydrogen-bond donors (Lipinski definition) is 1. The highest BCUT2D eigenvalue weighted by Gasteiger charge is 2.33. The lowest BCUT2D eigenvalue weighted by Crippen LogP contribution is -2.57. The van der Waals surface area contributed by atoms with Crippen LogP contribution in [0.25, 0.3) is 0 Å². The number of aliphatic hydroxyl groups is 1. The zero-order chi connectivity index (χ0) is 9.26. The van der Waals surface area contributed by atoms with Crippen molar-refractivity contribution in [1.82, 2.24) is 4.90 Å². The van der Waals surface area contributed by atoms with Gasteiger partial charge in [-0.15, -0.1) is 0 Å². The summed E-state index contributed by atoms with van der Waals surface area (Å²) in [6.45, 7) is 3.84. The first kappa shape index (κ1) is 8.73. The molecule has 2 nitrogen and oxygen atoms in total. The number of hydrogen-bond acceptors (Lipinski definition) is 2. The molecule has 0 aromatic heterocycles. The molecule has 1 saturated heterocycles. The smallest absolute Gasteiger partial charge is 0.0819 e. The summed E-state index contributed by atoms with van der Waals surface area (Å²) in [4.78, 5) is 2.28. The number of nitrogens with zero attached hydrogens (tertiary/aromatic N) is 1. The molecule has 1 aliphatic heterocycles. The first-order valence-corrected chi connectivity index (χ1v) is 4.73. The van der Waals surface area contributed by atoms with Crippen LogP contribution >= 0.6 is 0 Å². The van der Waals surface area contributed by atoms with Gasteiger partial charge in [0.25, 0.3) is 0 Å². The zero-order valence-electron chi connectivity index (χ0n) is 7.85. The highest BCUT2D eigenvalue weighted by molar-refractivity contribution is 5.15. The largest absolute Gasteiger partial charge is 0.390 e. The van der Waals surface area contributed by atoms with E-state index in [1.807, 2.05) is 6.07 Å². The molecule has 0 unspecified atom stereocenters. The van der Waals surface area contributed by atoms with Crippen LogP contribution in [0, 0.1) is 0 Å². The van der Waals surface area contributed by atoms with E-state index in [0.717, 1.165) is 13.1 Å². The summed E-state index contributed by atoms with van der Waals surface area (Å²) in [5.74, 6) is 0. The summed E-state index contributed by atoms with van der Waals surface area (Å²) in [5, 5.41) is 9.32. The fourth-order valence-corrected chi connectivity index (χ4v) is 1.69. The molecule has 2 rings (SSSR count). The predicted molar refractivity (Wildman–Crippen MR) is 52.3 cm³/mol. The molecule has 70 valence electrons. The summed E-state index contributed by atoms with van der Waals surface area (Å²) in [5.41, 5.74) is 1.32. The van der Waals surface area contributed by atoms with Crippen molar-refractivity contribution in [2.75, 3.05) is 6.54 Å². The van der Waals surface area contributed by atoms with Crippen LogP contribution in [0.2, 0.25) is 0 Å². The molecular formula is C11H15NO. The highest BCUT2D eigenvalue weighted by atomic mass is 16.3. The van der Waals surface area contributed by atoms with Crippen molar-refractivity contribution in [2.45, 2.75) is 25.6 Å². The normalized spacial score (nSPS) is 28.5. The lowest BCUT2D eigenvalue weighted by Gasteiger charge is -2.43. The Hall–Kier alpha value is -0.860. The Labute approximate surface area is 78.8 Å². The standard InChI is InChI=1S/C11H15NO/c1-9-11(13)8-12(9)7-10-5-3-2-4-6-10/h2-6,9,11,13H,7-8H2,1H3/t9-,11-/m0/s1. The summed E-state index contributed by atoms with van der Waals surface area (Å²) in [6, 6.07) is 10.7. The van der Waals surface area contributed by atoms with Gasteiger partial charge in [-0.1, -0.05) is 30.3 Å². The minimum Gasteiger partial charge on any atom is -0.390 e. The lowest BCUT2D eigenvalue weighted by atomic mass is 10.0. The molecule has 0 amide bonds. The Kier molecular flexibility index (Phi) is 2.34. The Morgan fingerprint density at radius 2 is 2.08 bits per heavy atom. The first-order chi connectivity index (χ1) is 6.27. The van der Waals surface area contributed by atoms with Crippen molar-refractivity contribution in [3.63, 3.8) is 0 Å². The van der Waals surface area contributed by atoms with E-state index >= 15 is 0 Å². The minimum absolute atomic E-state index is 0.122. The van der Waals surface area contributed by atoms with Gasteiger partial charge in [-0.3, -0.25) is 4.90 Å². The van der Waals surface area contributed by atoms with Gasteiger partial charge in [0.2, 0.25) is 0 Å². The second kappa shape index (κ2) is 3.48. The van der Waals surface area contributed by atoms with E-state index in [2.05, 4.69) is 36.1 Å². The minimum atomic E-state index is -0.122. The molecule has 1 heterocycles. The molecule has 1 aromatic carbocycles. The Morgan fingerprint density at radius 3 is 2.62 bits per heavy atom. The summed E-state index contributed by atoms with van der Waals surface area (Å²) < 4.78 is 0. The third kappa shape index (κ3) is 1.74. The van der Waals surface area contributed by atoms with E-state index in [1.54, 1.807) is 0 Å². The van der Waals surface area contributed by atoms with Crippen LogP contribution < -0.4 is 0 Å². The molecule has 1 fully saturated rings. The number of rotatable bonds is 2. The fraction of sp³-hybridized carbons (Fsp3) is 0.455. The van der Waals surface area contributed by atoms with Crippen molar-refractivity contribution in [3.05, 3.63) is 35.9 Å². The van der Waals surface area contributed by atoms with E-state index < -0.39 is 0 Å². The SMILES string of the molecule is C[C@H]1[C@@H](O)CN1Cc1ccccc1. The van der Waals surface area contributed by atoms with Crippen LogP contribution in [0.5, 0.6) is 0 Å². The maximum Gasteiger partial charge on any atom is 0.0819 e. The van der Waals surface area contributed by atoms with Gasteiger partial charge in [-0.2, -0.15) is 0 Å². The molecule has 1 N–H and O–H groups in total. The second-order valence-electron chi connectivity index (χ2n) is 3.72. The maximum absolute atomic E-state index is 9.32. The average Bonchev–Trinajstić information content (AvgIpc) is 2.19. The third-order valence-electron chi connectivity index (χ3n) is 2.78. The molecule has 1 aromatic rings. The zero-order valence-corrected chi connectivity index (χ0v) is 7.85. The number of benzene rings is 1. The molecule has 0 saturated carbocycles. The van der Waals surface area contributed by atoms with Gasteiger partial charge in [0, 0.05) is 19.1 Å². The van der Waals surface area contributed by atoms with Gasteiger partial charge in [0.05, 0.1) is 6.10 Å². The van der Waals surface area contributed by atoms with Crippen LogP contribution in [0.4, 0.5) is 0 Å². The van der Waals surface area contributed by atoms with E-state index in [-0.39, 0.29) is 6.10 Å². The van der Waals surface area contributed by atoms with Crippen LogP contribution in [-0.2, 0) is 6.54 Å². The molecule has 2 atom stereocenters. The van der Waals surface area contributed by atoms with Crippen molar-refractivity contribution < 1.29 is 5.11 Å². The van der Waals surface area contributed by atoms with Crippen LogP contribution in [0.1, 0.15) is 12.5 Å². The first-order valence-electron chi connectivity index (χ1n) is 4.73. The lowest BCUT2D eigenvalue weighted by molar-refractivity contribution is -0.0571. The van der Waals surface area contributed by atoms with Gasteiger partial charge >= 0.3 is 0 Å². The maximum atomic E-state index is 9.32. The van der Waals surface area contributed by atoms with Crippen LogP contribution in [-0.4, -0.2) is 28.7 Å². The van der Waals surface area contributed by atoms with E-state index in [1.165, 1.54) is 5.56 Å². The Morgan fingerprint density at radius 1 is 1.38 bits per heavy atom. The third-order valence-corrected chi connectivity index (χ3v) is 2.78. The highest BCUT2D eigenvalue weighted by Crippen LogP contribution is 2.20. The number of likely N-dealkylation sites (tertiary alicyclic amines) is 1. The van der Waals surface area contributed by atoms with Gasteiger partial charge in [-0.25, -0.2) is 0 Å². The molecule has 0 radical (unpaired) electrons. The Bertz CT molecular complexity index is 273. The quantitative estimate of drug-likeness (QED) is 0.735. The molecule has 0 bridgehead atoms. The van der Waals surface area contributed by atoms with Gasteiger partial charge < -0.3 is 5.11 Å². The topological polar surface area (TPSA) is 23.5 Å². The molecule has 2 heteroatoms. The fourth-order valence-electron chi connectivity index (χ4n) is 1.69. The van der Waals surface area contributed by atoms with Crippen molar-refractivity contribution in [3.8, 4) is 0 Å². The molecule has 0 spiro atoms. The van der Waals surface area contributed by atoms with E-state index in [0.29, 0.717) is 6.04 Å². The van der Waals surface area contributed by atoms with Crippen molar-refractivity contribution in [1.29, 1.82) is 0 Å². The summed E-state index contributed by atoms with van der Waals surface area (Å²) in [6.07, 6.45) is -0.122. The van der Waals surface area contributed by atoms with Crippen LogP contribution in [0.15, 0.2) is 30.3 Å². The number of β-amino-alcohol motifs (C(OH)–C–C–N with tert-alkyl or cyclic N) is 1. The molecule has 13 heavy (non-hydrogen) atoms. The predicted octanol–water partition coefficient (Wildman–Crippen LogP) is 1.25. The molecule has 0 aliphatic carbocycles. The second-order valence-corrected chi connectivity index (χ2v) is 3.72. The van der Waals surface area contributed by atoms with E-state index in [4.69, 9.17) is 0 Å². The van der Waals surface area contributed by atoms with Gasteiger partial charge in [0.15, 0.2) is 0 Å². The van der Waals surface area contributed by atoms with E-state index in [9.17, 15) is 5.11 Å². The average molecular weight is 177 g/mol. The van der Waals surface area contributed by atoms with Crippen molar-refractivity contribution >= 4 is 0 Å². The Balaban J connectivity index is 1.93. The monoisotopic (exact) mass is 177 g/mol. The van der Waals surface area contributed by atoms with Gasteiger partial charge in [0.1, 0.15) is 0 Å². The molecular weight excluding hydrogens is 162 g/mol. The van der Waals surface area contributed by atoms with Crippen LogP contribution in [0.3, 0.4) is 0 Å². The van der Waals surface area contributed by atoms with Gasteiger partial charge in [-0.05, 0) is 12.5 Å².